The number of carbonyl (C=O) groups is 1. The van der Waals surface area contributed by atoms with E-state index in [9.17, 15) is 22.4 Å². The zero-order chi connectivity index (χ0) is 25.4. The van der Waals surface area contributed by atoms with Gasteiger partial charge in [0, 0.05) is 31.2 Å². The van der Waals surface area contributed by atoms with Crippen molar-refractivity contribution >= 4 is 11.9 Å². The van der Waals surface area contributed by atoms with E-state index in [-0.39, 0.29) is 37.7 Å². The van der Waals surface area contributed by atoms with E-state index in [0.717, 1.165) is 31.3 Å². The van der Waals surface area contributed by atoms with Gasteiger partial charge in [0.1, 0.15) is 17.5 Å². The fourth-order valence-corrected chi connectivity index (χ4v) is 4.82. The molecule has 3 aliphatic rings. The van der Waals surface area contributed by atoms with E-state index < -0.39 is 35.8 Å². The summed E-state index contributed by atoms with van der Waals surface area (Å²) in [6.07, 6.45) is -2.71. The lowest BCUT2D eigenvalue weighted by atomic mass is 9.85. The number of nitrogens with zero attached hydrogens (tertiary/aromatic N) is 6. The minimum Gasteiger partial charge on any atom is -0.469 e. The molecule has 3 atom stereocenters. The Morgan fingerprint density at radius 2 is 2.06 bits per heavy atom. The van der Waals surface area contributed by atoms with Crippen molar-refractivity contribution < 1.29 is 31.8 Å². The summed E-state index contributed by atoms with van der Waals surface area (Å²) in [5.41, 5.74) is -1.02. The highest BCUT2D eigenvalue weighted by atomic mass is 19.4. The molecule has 1 aliphatic carbocycles. The van der Waals surface area contributed by atoms with Crippen molar-refractivity contribution in [3.63, 3.8) is 0 Å². The van der Waals surface area contributed by atoms with Gasteiger partial charge in [-0.3, -0.25) is 4.79 Å². The number of hydrogen-bond donors (Lipinski definition) is 1. The Morgan fingerprint density at radius 3 is 2.75 bits per heavy atom. The van der Waals surface area contributed by atoms with Crippen LogP contribution in [-0.2, 0) is 28.8 Å². The number of fused-ring (bicyclic) bond motifs is 1. The molecule has 36 heavy (non-hydrogen) atoms. The molecule has 10 nitrogen and oxygen atoms in total. The molecule has 0 radical (unpaired) electrons. The van der Waals surface area contributed by atoms with E-state index in [1.165, 1.54) is 11.8 Å². The number of halogens is 4. The molecular weight excluding hydrogens is 486 g/mol. The second-order valence-electron chi connectivity index (χ2n) is 9.39. The highest BCUT2D eigenvalue weighted by molar-refractivity contribution is 5.80. The van der Waals surface area contributed by atoms with Crippen LogP contribution in [0.2, 0.25) is 0 Å². The number of carbonyl (C=O) groups excluding carboxylic acids is 1. The van der Waals surface area contributed by atoms with E-state index in [1.54, 1.807) is 0 Å². The third-order valence-corrected chi connectivity index (χ3v) is 6.75. The zero-order valence-electron chi connectivity index (χ0n) is 19.7. The first-order chi connectivity index (χ1) is 17.2. The van der Waals surface area contributed by atoms with Crippen LogP contribution in [0.4, 0.5) is 23.5 Å². The van der Waals surface area contributed by atoms with Crippen molar-refractivity contribution in [3.05, 3.63) is 23.4 Å². The van der Waals surface area contributed by atoms with Crippen LogP contribution in [0.25, 0.3) is 0 Å². The van der Waals surface area contributed by atoms with Gasteiger partial charge in [0.25, 0.3) is 5.91 Å². The van der Waals surface area contributed by atoms with Crippen molar-refractivity contribution in [3.8, 4) is 5.88 Å². The summed E-state index contributed by atoms with van der Waals surface area (Å²) in [7, 11) is 0. The van der Waals surface area contributed by atoms with Crippen molar-refractivity contribution in [1.29, 1.82) is 0 Å². The molecule has 0 bridgehead atoms. The van der Waals surface area contributed by atoms with E-state index in [2.05, 4.69) is 25.5 Å². The monoisotopic (exact) mass is 513 g/mol. The van der Waals surface area contributed by atoms with Crippen LogP contribution in [0.5, 0.6) is 5.88 Å². The summed E-state index contributed by atoms with van der Waals surface area (Å²) >= 11 is 0. The molecule has 0 aromatic carbocycles. The van der Waals surface area contributed by atoms with Gasteiger partial charge in [0.15, 0.2) is 12.0 Å². The Kier molecular flexibility index (Phi) is 6.70. The second kappa shape index (κ2) is 9.79. The van der Waals surface area contributed by atoms with Gasteiger partial charge in [-0.2, -0.15) is 18.2 Å². The third kappa shape index (κ3) is 5.08. The maximum atomic E-state index is 13.4. The van der Waals surface area contributed by atoms with Crippen LogP contribution in [0.3, 0.4) is 0 Å². The van der Waals surface area contributed by atoms with Crippen molar-refractivity contribution in [2.45, 2.75) is 76.1 Å². The lowest BCUT2D eigenvalue weighted by Crippen LogP contribution is -2.42. The summed E-state index contributed by atoms with van der Waals surface area (Å²) in [6.45, 7) is 2.74. The molecule has 2 aromatic rings. The quantitative estimate of drug-likeness (QED) is 0.588. The van der Waals surface area contributed by atoms with Gasteiger partial charge in [-0.15, -0.1) is 10.2 Å². The average molecular weight is 513 g/mol. The van der Waals surface area contributed by atoms with E-state index >= 15 is 0 Å². The predicted molar refractivity (Wildman–Crippen MR) is 117 cm³/mol. The molecule has 1 amide bonds. The maximum absolute atomic E-state index is 13.4. The van der Waals surface area contributed by atoms with E-state index in [0.29, 0.717) is 25.3 Å². The number of hydrogen-bond acceptors (Lipinski definition) is 8. The van der Waals surface area contributed by atoms with Crippen LogP contribution < -0.4 is 10.1 Å². The minimum absolute atomic E-state index is 0.0668. The minimum atomic E-state index is -4.64. The smallest absolute Gasteiger partial charge is 0.423 e. The number of anilines is 1. The first-order valence-electron chi connectivity index (χ1n) is 12.0. The molecule has 2 aromatic heterocycles. The first kappa shape index (κ1) is 24.7. The highest BCUT2D eigenvalue weighted by Gasteiger charge is 2.38. The molecule has 1 saturated carbocycles. The largest absolute Gasteiger partial charge is 0.469 e. The number of rotatable bonds is 6. The Hall–Kier alpha value is -3.03. The molecule has 0 spiro atoms. The molecular formula is C22H27F4N7O3. The van der Waals surface area contributed by atoms with Gasteiger partial charge in [-0.1, -0.05) is 6.42 Å². The zero-order valence-corrected chi connectivity index (χ0v) is 19.7. The first-order valence-corrected chi connectivity index (χ1v) is 12.0. The van der Waals surface area contributed by atoms with Gasteiger partial charge in [-0.25, -0.2) is 9.37 Å². The Bertz CT molecular complexity index is 1110. The standard InChI is InChI=1S/C22H27F4N7O3/c1-12(23)20(34)32-5-6-33-17(9-32)30-31-18(33)13-3-2-4-14(7-13)28-21-27-8-16(22(24,25)26)19(29-21)36-15-10-35-11-15/h8,12-15H,2-7,9-11H2,1H3,(H,27,28,29)/t12?,13-,14+/m0/s1. The topological polar surface area (TPSA) is 107 Å². The third-order valence-electron chi connectivity index (χ3n) is 6.75. The van der Waals surface area contributed by atoms with Crippen molar-refractivity contribution in [2.24, 2.45) is 0 Å². The van der Waals surface area contributed by atoms with E-state index in [1.807, 2.05) is 4.57 Å². The van der Waals surface area contributed by atoms with Gasteiger partial charge < -0.3 is 24.3 Å². The number of nitrogens with one attached hydrogen (secondary N) is 1. The Labute approximate surface area is 204 Å². The number of amides is 1. The summed E-state index contributed by atoms with van der Waals surface area (Å²) in [5.74, 6) is 0.498. The second-order valence-corrected chi connectivity index (χ2v) is 9.39. The van der Waals surface area contributed by atoms with Crippen LogP contribution in [0.15, 0.2) is 6.20 Å². The van der Waals surface area contributed by atoms with E-state index in [4.69, 9.17) is 9.47 Å². The lowest BCUT2D eigenvalue weighted by molar-refractivity contribution is -0.142. The molecule has 1 N–H and O–H groups in total. The highest BCUT2D eigenvalue weighted by Crippen LogP contribution is 2.37. The summed E-state index contributed by atoms with van der Waals surface area (Å²) < 4.78 is 66.0. The molecule has 2 fully saturated rings. The SMILES string of the molecule is CC(F)C(=O)N1CCn2c(nnc2[C@H]2CCC[C@@H](Nc3ncc(C(F)(F)F)c(OC4COC4)n3)C2)C1. The van der Waals surface area contributed by atoms with Gasteiger partial charge in [0.2, 0.25) is 11.8 Å². The fraction of sp³-hybridized carbons (Fsp3) is 0.682. The molecule has 1 unspecified atom stereocenters. The van der Waals surface area contributed by atoms with Crippen LogP contribution >= 0.6 is 0 Å². The summed E-state index contributed by atoms with van der Waals surface area (Å²) in [4.78, 5) is 21.4. The molecule has 5 rings (SSSR count). The molecule has 14 heteroatoms. The van der Waals surface area contributed by atoms with Crippen LogP contribution in [-0.4, -0.2) is 73.6 Å². The van der Waals surface area contributed by atoms with Crippen LogP contribution in [0.1, 0.15) is 55.7 Å². The van der Waals surface area contributed by atoms with Gasteiger partial charge >= 0.3 is 6.18 Å². The van der Waals surface area contributed by atoms with Gasteiger partial charge in [0.05, 0.1) is 19.8 Å². The average Bonchev–Trinajstić information content (AvgIpc) is 3.24. The fourth-order valence-electron chi connectivity index (χ4n) is 4.82. The number of aromatic nitrogens is 5. The molecule has 196 valence electrons. The van der Waals surface area contributed by atoms with Crippen molar-refractivity contribution in [2.75, 3.05) is 25.1 Å². The normalized spacial score (nSPS) is 23.5. The Balaban J connectivity index is 1.27. The van der Waals surface area contributed by atoms with Crippen molar-refractivity contribution in [1.82, 2.24) is 29.6 Å². The molecule has 4 heterocycles. The van der Waals surface area contributed by atoms with Gasteiger partial charge in [-0.05, 0) is 26.2 Å². The summed E-state index contributed by atoms with van der Waals surface area (Å²) in [5, 5.41) is 11.8. The lowest BCUT2D eigenvalue weighted by Gasteiger charge is -2.32. The summed E-state index contributed by atoms with van der Waals surface area (Å²) in [6, 6.07) is -0.0811. The Morgan fingerprint density at radius 1 is 1.25 bits per heavy atom. The number of alkyl halides is 4. The predicted octanol–water partition coefficient (Wildman–Crippen LogP) is 2.70. The maximum Gasteiger partial charge on any atom is 0.423 e. The number of ether oxygens (including phenoxy) is 2. The van der Waals surface area contributed by atoms with Crippen LogP contribution in [0, 0.1) is 0 Å². The molecule has 1 saturated heterocycles. The molecule has 2 aliphatic heterocycles.